The van der Waals surface area contributed by atoms with Crippen molar-refractivity contribution in [2.45, 2.75) is 117 Å². The van der Waals surface area contributed by atoms with Crippen LogP contribution < -0.4 is 16.0 Å². The second-order valence-corrected chi connectivity index (χ2v) is 14.6. The van der Waals surface area contributed by atoms with Gasteiger partial charge in [-0.25, -0.2) is 0 Å². The second kappa shape index (κ2) is 21.4. The molecule has 1 aliphatic rings. The number of rotatable bonds is 21. The third kappa shape index (κ3) is 11.9. The van der Waals surface area contributed by atoms with Crippen LogP contribution in [0.15, 0.2) is 24.4 Å². The molecule has 4 amide bonds. The number of aromatic nitrogens is 1. The molecule has 1 aromatic heterocycles. The van der Waals surface area contributed by atoms with Crippen molar-refractivity contribution >= 4 is 23.6 Å². The first-order chi connectivity index (χ1) is 24.2. The number of likely N-dealkylation sites (N-methyl/N-ethyl adjacent to an activating group) is 2. The smallest absolute Gasteiger partial charge is 0.245 e. The maximum atomic E-state index is 14.3. The van der Waals surface area contributed by atoms with E-state index >= 15 is 0 Å². The zero-order valence-electron chi connectivity index (χ0n) is 33.1. The van der Waals surface area contributed by atoms with E-state index in [1.807, 2.05) is 66.7 Å². The van der Waals surface area contributed by atoms with Crippen LogP contribution >= 0.6 is 0 Å². The summed E-state index contributed by atoms with van der Waals surface area (Å²) >= 11 is 0. The normalized spacial score (nSPS) is 20.3. The summed E-state index contributed by atoms with van der Waals surface area (Å²) in [6.07, 6.45) is 2.13. The first-order valence-electron chi connectivity index (χ1n) is 18.5. The van der Waals surface area contributed by atoms with E-state index in [0.717, 1.165) is 12.1 Å². The van der Waals surface area contributed by atoms with Crippen molar-refractivity contribution in [3.63, 3.8) is 0 Å². The average Bonchev–Trinajstić information content (AvgIpc) is 3.54. The topological polar surface area (TPSA) is 151 Å². The molecule has 290 valence electrons. The number of pyridine rings is 1. The fourth-order valence-corrected chi connectivity index (χ4v) is 7.22. The SMILES string of the molecule is CC[C@H](C)C([C@@H](CC(=O)N1C[C@H](OC)C[C@H]1[C@H](OC)[C@@H](C)C(=O)NCCc1ccccn1)OC)N(C)C(=O)[C@@H](NC(=O)[C@@H](NC)C(C)C)C(C)C. The molecule has 0 aromatic carbocycles. The summed E-state index contributed by atoms with van der Waals surface area (Å²) in [7, 11) is 8.20. The molecule has 0 spiro atoms. The molecular weight excluding hydrogens is 652 g/mol. The predicted molar refractivity (Wildman–Crippen MR) is 198 cm³/mol. The number of carbonyl (C=O) groups excluding carboxylic acids is 4. The van der Waals surface area contributed by atoms with Gasteiger partial charge in [-0.1, -0.05) is 61.0 Å². The lowest BCUT2D eigenvalue weighted by Gasteiger charge is -2.41. The van der Waals surface area contributed by atoms with Crippen molar-refractivity contribution in [2.24, 2.45) is 23.7 Å². The molecule has 1 aromatic rings. The van der Waals surface area contributed by atoms with Crippen molar-refractivity contribution in [1.82, 2.24) is 30.7 Å². The number of likely N-dealkylation sites (tertiary alicyclic amines) is 1. The molecule has 2 rings (SSSR count). The molecule has 1 unspecified atom stereocenters. The lowest BCUT2D eigenvalue weighted by Crippen LogP contribution is -2.59. The van der Waals surface area contributed by atoms with Crippen LogP contribution in [0.3, 0.4) is 0 Å². The molecule has 9 atom stereocenters. The predicted octanol–water partition coefficient (Wildman–Crippen LogP) is 2.67. The van der Waals surface area contributed by atoms with Crippen LogP contribution in [0, 0.1) is 23.7 Å². The Morgan fingerprint density at radius 1 is 0.980 bits per heavy atom. The van der Waals surface area contributed by atoms with Crippen LogP contribution in [0.1, 0.15) is 73.4 Å². The summed E-state index contributed by atoms with van der Waals surface area (Å²) in [5.41, 5.74) is 0.887. The van der Waals surface area contributed by atoms with E-state index in [0.29, 0.717) is 25.9 Å². The Hall–Kier alpha value is -3.13. The van der Waals surface area contributed by atoms with E-state index in [1.54, 1.807) is 51.4 Å². The maximum Gasteiger partial charge on any atom is 0.245 e. The van der Waals surface area contributed by atoms with Crippen molar-refractivity contribution < 1.29 is 33.4 Å². The van der Waals surface area contributed by atoms with Crippen LogP contribution in [0.25, 0.3) is 0 Å². The van der Waals surface area contributed by atoms with E-state index in [4.69, 9.17) is 14.2 Å². The molecular formula is C38H66N6O7. The molecule has 1 fully saturated rings. The molecule has 13 nitrogen and oxygen atoms in total. The number of nitrogens with zero attached hydrogens (tertiary/aromatic N) is 3. The van der Waals surface area contributed by atoms with E-state index in [-0.39, 0.29) is 53.9 Å². The van der Waals surface area contributed by atoms with Gasteiger partial charge >= 0.3 is 0 Å². The van der Waals surface area contributed by atoms with E-state index in [1.165, 1.54) is 0 Å². The van der Waals surface area contributed by atoms with Gasteiger partial charge in [0, 0.05) is 59.8 Å². The molecule has 0 saturated carbocycles. The first kappa shape index (κ1) is 44.0. The maximum absolute atomic E-state index is 14.3. The largest absolute Gasteiger partial charge is 0.380 e. The summed E-state index contributed by atoms with van der Waals surface area (Å²) in [5, 5.41) is 9.04. The molecule has 2 heterocycles. The van der Waals surface area contributed by atoms with Crippen LogP contribution in [0.5, 0.6) is 0 Å². The summed E-state index contributed by atoms with van der Waals surface area (Å²) in [4.78, 5) is 62.6. The zero-order valence-corrected chi connectivity index (χ0v) is 33.1. The first-order valence-corrected chi connectivity index (χ1v) is 18.5. The van der Waals surface area contributed by atoms with Crippen LogP contribution in [0.2, 0.25) is 0 Å². The average molecular weight is 719 g/mol. The lowest BCUT2D eigenvalue weighted by molar-refractivity contribution is -0.147. The van der Waals surface area contributed by atoms with Gasteiger partial charge in [0.05, 0.1) is 48.8 Å². The standard InChI is InChI=1S/C38H66N6O7/c1-13-25(6)34(43(9)38(48)33(24(4)5)42-37(47)32(39-8)23(2)3)30(50-11)21-31(45)44-22-28(49-10)20-29(44)35(51-12)26(7)36(46)41-19-17-27-16-14-15-18-40-27/h14-16,18,23-26,28-30,32-35,39H,13,17,19-22H2,1-12H3,(H,41,46)(H,42,47)/t25-,26+,28+,29-,30+,32-,33-,34?,35+/m0/s1. The molecule has 3 N–H and O–H groups in total. The fourth-order valence-electron chi connectivity index (χ4n) is 7.22. The monoisotopic (exact) mass is 718 g/mol. The van der Waals surface area contributed by atoms with Gasteiger partial charge in [0.1, 0.15) is 6.04 Å². The van der Waals surface area contributed by atoms with E-state index < -0.39 is 42.3 Å². The third-order valence-electron chi connectivity index (χ3n) is 10.5. The van der Waals surface area contributed by atoms with Crippen LogP contribution in [-0.4, -0.2) is 129 Å². The number of hydrogen-bond acceptors (Lipinski definition) is 9. The number of amides is 4. The van der Waals surface area contributed by atoms with Gasteiger partial charge in [-0.2, -0.15) is 0 Å². The van der Waals surface area contributed by atoms with Gasteiger partial charge in [-0.05, 0) is 43.4 Å². The van der Waals surface area contributed by atoms with E-state index in [2.05, 4.69) is 20.9 Å². The highest BCUT2D eigenvalue weighted by Crippen LogP contribution is 2.30. The Bertz CT molecular complexity index is 1230. The van der Waals surface area contributed by atoms with Gasteiger partial charge in [0.25, 0.3) is 0 Å². The van der Waals surface area contributed by atoms with Gasteiger partial charge in [0.15, 0.2) is 0 Å². The summed E-state index contributed by atoms with van der Waals surface area (Å²) in [6.45, 7) is 14.4. The van der Waals surface area contributed by atoms with Crippen LogP contribution in [0.4, 0.5) is 0 Å². The molecule has 1 aliphatic heterocycles. The number of hydrogen-bond donors (Lipinski definition) is 3. The number of carbonyl (C=O) groups is 4. The molecule has 1 saturated heterocycles. The van der Waals surface area contributed by atoms with E-state index in [9.17, 15) is 19.2 Å². The Morgan fingerprint density at radius 3 is 2.16 bits per heavy atom. The van der Waals surface area contributed by atoms with Gasteiger partial charge in [-0.3, -0.25) is 24.2 Å². The molecule has 51 heavy (non-hydrogen) atoms. The van der Waals surface area contributed by atoms with Crippen molar-refractivity contribution in [3.8, 4) is 0 Å². The van der Waals surface area contributed by atoms with Gasteiger partial charge in [-0.15, -0.1) is 0 Å². The highest BCUT2D eigenvalue weighted by molar-refractivity contribution is 5.90. The Kier molecular flexibility index (Phi) is 18.5. The minimum Gasteiger partial charge on any atom is -0.380 e. The highest BCUT2D eigenvalue weighted by Gasteiger charge is 2.45. The second-order valence-electron chi connectivity index (χ2n) is 14.6. The zero-order chi connectivity index (χ0) is 38.4. The van der Waals surface area contributed by atoms with Crippen molar-refractivity contribution in [2.75, 3.05) is 48.5 Å². The Labute approximate surface area is 306 Å². The summed E-state index contributed by atoms with van der Waals surface area (Å²) < 4.78 is 17.7. The third-order valence-corrected chi connectivity index (χ3v) is 10.5. The summed E-state index contributed by atoms with van der Waals surface area (Å²) in [6, 6.07) is 3.61. The van der Waals surface area contributed by atoms with Gasteiger partial charge in [0.2, 0.25) is 23.6 Å². The minimum absolute atomic E-state index is 0.00499. The molecule has 13 heteroatoms. The lowest BCUT2D eigenvalue weighted by atomic mass is 9.89. The fraction of sp³-hybridized carbons (Fsp3) is 0.763. The number of ether oxygens (including phenoxy) is 3. The number of nitrogens with one attached hydrogen (secondary N) is 3. The molecule has 0 bridgehead atoms. The Morgan fingerprint density at radius 2 is 1.65 bits per heavy atom. The van der Waals surface area contributed by atoms with Crippen molar-refractivity contribution in [3.05, 3.63) is 30.1 Å². The minimum atomic E-state index is -0.763. The van der Waals surface area contributed by atoms with Crippen LogP contribution in [-0.2, 0) is 39.8 Å². The summed E-state index contributed by atoms with van der Waals surface area (Å²) in [5.74, 6) is -1.53. The van der Waals surface area contributed by atoms with Gasteiger partial charge < -0.3 is 40.0 Å². The highest BCUT2D eigenvalue weighted by atomic mass is 16.5. The van der Waals surface area contributed by atoms with Crippen molar-refractivity contribution in [1.29, 1.82) is 0 Å². The number of methoxy groups -OCH3 is 3. The quantitative estimate of drug-likeness (QED) is 0.174. The molecule has 0 radical (unpaired) electrons. The molecule has 0 aliphatic carbocycles. The Balaban J connectivity index is 2.28.